The molecular weight excluding hydrogens is 258 g/mol. The van der Waals surface area contributed by atoms with E-state index in [0.717, 1.165) is 25.1 Å². The molecule has 112 valence electrons. The van der Waals surface area contributed by atoms with Crippen LogP contribution in [0.4, 0.5) is 0 Å². The van der Waals surface area contributed by atoms with Gasteiger partial charge in [-0.1, -0.05) is 62.4 Å². The second kappa shape index (κ2) is 8.48. The van der Waals surface area contributed by atoms with Gasteiger partial charge in [-0.15, -0.1) is 0 Å². The van der Waals surface area contributed by atoms with Crippen LogP contribution in [0.5, 0.6) is 5.75 Å². The summed E-state index contributed by atoms with van der Waals surface area (Å²) >= 11 is 0. The highest BCUT2D eigenvalue weighted by Crippen LogP contribution is 2.24. The van der Waals surface area contributed by atoms with Gasteiger partial charge in [-0.25, -0.2) is 0 Å². The average Bonchev–Trinajstić information content (AvgIpc) is 2.56. The van der Waals surface area contributed by atoms with Crippen molar-refractivity contribution >= 4 is 0 Å². The first-order valence-electron chi connectivity index (χ1n) is 7.85. The predicted molar refractivity (Wildman–Crippen MR) is 88.6 cm³/mol. The molecule has 1 N–H and O–H groups in total. The first-order valence-corrected chi connectivity index (χ1v) is 7.85. The van der Waals surface area contributed by atoms with Crippen LogP contribution in [0.2, 0.25) is 0 Å². The van der Waals surface area contributed by atoms with E-state index in [2.05, 4.69) is 49.5 Å². The zero-order valence-electron chi connectivity index (χ0n) is 13.0. The van der Waals surface area contributed by atoms with E-state index in [9.17, 15) is 0 Å². The van der Waals surface area contributed by atoms with Crippen LogP contribution in [-0.4, -0.2) is 12.6 Å². The van der Waals surface area contributed by atoms with Crippen molar-refractivity contribution in [3.05, 3.63) is 66.2 Å². The van der Waals surface area contributed by atoms with Gasteiger partial charge in [0.1, 0.15) is 11.9 Å². The summed E-state index contributed by atoms with van der Waals surface area (Å²) in [5, 5.41) is 3.63. The van der Waals surface area contributed by atoms with Crippen molar-refractivity contribution in [2.45, 2.75) is 38.8 Å². The molecule has 0 radical (unpaired) electrons. The SMILES string of the molecule is CCCNC(c1ccccc1)C(CC)Oc1ccccc1. The second-order valence-corrected chi connectivity index (χ2v) is 5.22. The van der Waals surface area contributed by atoms with Crippen LogP contribution in [0, 0.1) is 0 Å². The van der Waals surface area contributed by atoms with E-state index in [1.54, 1.807) is 0 Å². The lowest BCUT2D eigenvalue weighted by Crippen LogP contribution is -2.36. The summed E-state index contributed by atoms with van der Waals surface area (Å²) in [5.74, 6) is 0.934. The van der Waals surface area contributed by atoms with Crippen molar-refractivity contribution in [3.8, 4) is 5.75 Å². The summed E-state index contributed by atoms with van der Waals surface area (Å²) in [5.41, 5.74) is 1.29. The lowest BCUT2D eigenvalue weighted by molar-refractivity contribution is 0.148. The van der Waals surface area contributed by atoms with Crippen LogP contribution in [-0.2, 0) is 0 Å². The van der Waals surface area contributed by atoms with E-state index >= 15 is 0 Å². The fourth-order valence-corrected chi connectivity index (χ4v) is 2.49. The summed E-state index contributed by atoms with van der Waals surface area (Å²) in [4.78, 5) is 0. The number of ether oxygens (including phenoxy) is 1. The highest BCUT2D eigenvalue weighted by Gasteiger charge is 2.22. The Morgan fingerprint density at radius 2 is 1.52 bits per heavy atom. The maximum absolute atomic E-state index is 6.21. The van der Waals surface area contributed by atoms with Crippen LogP contribution >= 0.6 is 0 Å². The van der Waals surface area contributed by atoms with E-state index in [1.807, 2.05) is 30.3 Å². The third-order valence-corrected chi connectivity index (χ3v) is 3.58. The topological polar surface area (TPSA) is 21.3 Å². The molecule has 2 unspecified atom stereocenters. The molecule has 0 spiro atoms. The largest absolute Gasteiger partial charge is 0.488 e. The quantitative estimate of drug-likeness (QED) is 0.765. The molecule has 0 heterocycles. The van der Waals surface area contributed by atoms with Gasteiger partial charge in [-0.05, 0) is 37.1 Å². The lowest BCUT2D eigenvalue weighted by atomic mass is 9.99. The number of benzene rings is 2. The molecular formula is C19H25NO. The number of hydrogen-bond acceptors (Lipinski definition) is 2. The molecule has 0 fully saturated rings. The molecule has 21 heavy (non-hydrogen) atoms. The van der Waals surface area contributed by atoms with Gasteiger partial charge in [0.25, 0.3) is 0 Å². The van der Waals surface area contributed by atoms with Crippen molar-refractivity contribution < 1.29 is 4.74 Å². The Balaban J connectivity index is 2.16. The molecule has 0 saturated heterocycles. The maximum atomic E-state index is 6.21. The smallest absolute Gasteiger partial charge is 0.119 e. The number of para-hydroxylation sites is 1. The third kappa shape index (κ3) is 4.61. The third-order valence-electron chi connectivity index (χ3n) is 3.58. The molecule has 2 atom stereocenters. The first-order chi connectivity index (χ1) is 10.3. The van der Waals surface area contributed by atoms with Gasteiger partial charge < -0.3 is 10.1 Å². The molecule has 0 aliphatic carbocycles. The van der Waals surface area contributed by atoms with Crippen molar-refractivity contribution in [1.82, 2.24) is 5.32 Å². The van der Waals surface area contributed by atoms with Gasteiger partial charge in [0.05, 0.1) is 6.04 Å². The zero-order chi connectivity index (χ0) is 14.9. The molecule has 0 aliphatic rings. The minimum absolute atomic E-state index is 0.126. The molecule has 0 saturated carbocycles. The Morgan fingerprint density at radius 3 is 2.10 bits per heavy atom. The fourth-order valence-electron chi connectivity index (χ4n) is 2.49. The van der Waals surface area contributed by atoms with Crippen molar-refractivity contribution in [3.63, 3.8) is 0 Å². The van der Waals surface area contributed by atoms with Crippen molar-refractivity contribution in [2.24, 2.45) is 0 Å². The Labute approximate surface area is 128 Å². The van der Waals surface area contributed by atoms with E-state index < -0.39 is 0 Å². The zero-order valence-corrected chi connectivity index (χ0v) is 13.0. The van der Waals surface area contributed by atoms with Gasteiger partial charge in [0, 0.05) is 0 Å². The summed E-state index contributed by atoms with van der Waals surface area (Å²) < 4.78 is 6.21. The molecule has 0 aliphatic heterocycles. The molecule has 2 aromatic carbocycles. The van der Waals surface area contributed by atoms with E-state index in [1.165, 1.54) is 5.56 Å². The Hall–Kier alpha value is -1.80. The highest BCUT2D eigenvalue weighted by atomic mass is 16.5. The normalized spacial score (nSPS) is 13.6. The van der Waals surface area contributed by atoms with Crippen LogP contribution in [0.1, 0.15) is 38.3 Å². The van der Waals surface area contributed by atoms with Crippen molar-refractivity contribution in [1.29, 1.82) is 0 Å². The Morgan fingerprint density at radius 1 is 0.905 bits per heavy atom. The number of rotatable bonds is 8. The predicted octanol–water partition coefficient (Wildman–Crippen LogP) is 4.58. The van der Waals surface area contributed by atoms with Crippen LogP contribution in [0.15, 0.2) is 60.7 Å². The van der Waals surface area contributed by atoms with Crippen molar-refractivity contribution in [2.75, 3.05) is 6.54 Å². The maximum Gasteiger partial charge on any atom is 0.119 e. The van der Waals surface area contributed by atoms with Gasteiger partial charge in [0.15, 0.2) is 0 Å². The van der Waals surface area contributed by atoms with Gasteiger partial charge in [0.2, 0.25) is 0 Å². The van der Waals surface area contributed by atoms with Crippen LogP contribution < -0.4 is 10.1 Å². The molecule has 2 rings (SSSR count). The van der Waals surface area contributed by atoms with Gasteiger partial charge >= 0.3 is 0 Å². The first kappa shape index (κ1) is 15.6. The minimum Gasteiger partial charge on any atom is -0.488 e. The standard InChI is InChI=1S/C19H25NO/c1-3-15-20-19(16-11-7-5-8-12-16)18(4-2)21-17-13-9-6-10-14-17/h5-14,18-20H,3-4,15H2,1-2H3. The van der Waals surface area contributed by atoms with E-state index in [4.69, 9.17) is 4.74 Å². The minimum atomic E-state index is 0.126. The van der Waals surface area contributed by atoms with E-state index in [0.29, 0.717) is 0 Å². The molecule has 0 bridgehead atoms. The molecule has 0 amide bonds. The van der Waals surface area contributed by atoms with Gasteiger partial charge in [-0.3, -0.25) is 0 Å². The average molecular weight is 283 g/mol. The number of nitrogens with one attached hydrogen (secondary N) is 1. The second-order valence-electron chi connectivity index (χ2n) is 5.22. The monoisotopic (exact) mass is 283 g/mol. The lowest BCUT2D eigenvalue weighted by Gasteiger charge is -2.28. The summed E-state index contributed by atoms with van der Waals surface area (Å²) in [7, 11) is 0. The molecule has 2 nitrogen and oxygen atoms in total. The molecule has 2 aromatic rings. The highest BCUT2D eigenvalue weighted by molar-refractivity contribution is 5.24. The summed E-state index contributed by atoms with van der Waals surface area (Å²) in [6.07, 6.45) is 2.21. The number of hydrogen-bond donors (Lipinski definition) is 1. The van der Waals surface area contributed by atoms with Crippen LogP contribution in [0.3, 0.4) is 0 Å². The molecule has 2 heteroatoms. The van der Waals surface area contributed by atoms with Gasteiger partial charge in [-0.2, -0.15) is 0 Å². The summed E-state index contributed by atoms with van der Waals surface area (Å²) in [6, 6.07) is 20.9. The molecule has 0 aromatic heterocycles. The Kier molecular flexibility index (Phi) is 6.29. The van der Waals surface area contributed by atoms with Crippen LogP contribution in [0.25, 0.3) is 0 Å². The fraction of sp³-hybridized carbons (Fsp3) is 0.368. The Bertz CT molecular complexity index is 497. The summed E-state index contributed by atoms with van der Waals surface area (Å²) in [6.45, 7) is 5.36. The van der Waals surface area contributed by atoms with E-state index in [-0.39, 0.29) is 12.1 Å².